The third kappa shape index (κ3) is 49.3. The number of ether oxygens (including phenoxy) is 1. The van der Waals surface area contributed by atoms with Crippen LogP contribution in [-0.2, 0) is 156 Å². The van der Waals surface area contributed by atoms with Gasteiger partial charge in [-0.2, -0.15) is 20.7 Å². The third-order valence-corrected chi connectivity index (χ3v) is 13.5. The number of nitriles is 2. The van der Waals surface area contributed by atoms with Crippen molar-refractivity contribution >= 4 is 90.9 Å². The van der Waals surface area contributed by atoms with Crippen molar-refractivity contribution in [2.24, 2.45) is 38.3 Å². The Kier molecular flexibility index (Phi) is 93.4. The number of hydrogen-bond acceptors (Lipinski definition) is 20. The minimum atomic E-state index is -3.22. The summed E-state index contributed by atoms with van der Waals surface area (Å²) in [6.07, 6.45) is 0. The van der Waals surface area contributed by atoms with Crippen LogP contribution < -0.4 is 57.9 Å². The Morgan fingerprint density at radius 2 is 0.874 bits per heavy atom. The van der Waals surface area contributed by atoms with E-state index in [-0.39, 0.29) is 244 Å². The Hall–Kier alpha value is -5.80. The first-order valence-corrected chi connectivity index (χ1v) is 39.6. The van der Waals surface area contributed by atoms with Crippen molar-refractivity contribution in [2.75, 3.05) is 32.9 Å². The van der Waals surface area contributed by atoms with Crippen LogP contribution in [0.3, 0.4) is 0 Å². The number of carbonyl (C=O) groups is 3. The van der Waals surface area contributed by atoms with Crippen LogP contribution in [0.1, 0.15) is 120 Å². The molecule has 4 heterocycles. The fourth-order valence-electron chi connectivity index (χ4n) is 9.24. The number of fused-ring (bicyclic) bond motifs is 1. The molecule has 12 rings (SSSR count). The zero-order chi connectivity index (χ0) is 82.7. The van der Waals surface area contributed by atoms with Gasteiger partial charge in [-0.1, -0.05) is 317 Å². The number of amidine groups is 1. The number of nitrogens with zero attached hydrogens (tertiary/aromatic N) is 10. The predicted octanol–water partition coefficient (Wildman–Crippen LogP) is 17.0. The number of aliphatic imine (C=N–C) groups is 2. The summed E-state index contributed by atoms with van der Waals surface area (Å²) in [5.74, 6) is 13.0. The molecule has 0 amide bonds. The number of hydrogen-bond donors (Lipinski definition) is 5. The Balaban J connectivity index is -0.000000147. The zero-order valence-electron chi connectivity index (χ0n) is 70.8. The maximum Gasteiger partial charge on any atom is 1.00 e. The number of benzene rings is 8. The Bertz CT molecular complexity index is 4620. The fraction of sp³-hybridized carbons (Fsp3) is 0.193. The number of aliphatic hydroxyl groups is 1. The predicted molar refractivity (Wildman–Crippen MR) is 476 cm³/mol. The molecule has 620 valence electrons. The van der Waals surface area contributed by atoms with Crippen LogP contribution in [0.2, 0.25) is 5.15 Å². The number of halogens is 4. The first-order chi connectivity index (χ1) is 53.4. The van der Waals surface area contributed by atoms with Gasteiger partial charge in [0.05, 0.1) is 30.1 Å². The van der Waals surface area contributed by atoms with E-state index in [9.17, 15) is 29.5 Å². The van der Waals surface area contributed by atoms with E-state index in [0.29, 0.717) is 52.7 Å². The second kappa shape index (κ2) is 83.1. The van der Waals surface area contributed by atoms with Crippen molar-refractivity contribution in [3.63, 3.8) is 0 Å². The molecule has 2 aliphatic rings. The van der Waals surface area contributed by atoms with Crippen molar-refractivity contribution < 1.29 is 194 Å². The molecule has 0 atom stereocenters. The minimum absolute atomic E-state index is 0. The zero-order valence-corrected chi connectivity index (χ0v) is 88.1. The second-order valence-electron chi connectivity index (χ2n) is 20.0. The standard InChI is InChI=1S/C18H14N4.C18H12N2O.C17H10ClN3.C14H12N2O.C5H7NO2.C2H6O.C2H5O.4C2H6.4CH3.Cl3OP.H4N2.Na.4Y/c19-18-16-14(11-20-18)21-22-17(13-9-5-2-6-10-13)15(16)12-7-3-1-4-8-12;19-11-15-16(21)12-20-18(14-9-5-2-6-10-14)17(15)13-7-3-1-4-8-13;18-17-14(11-19)15(12-7-3-1-4-8-12)16(20-21-17)13-9-5-2-6-10-13;15-16-13(11-7-3-1-4-8-11)14(17)12-9-5-2-6-10-12;1-3-8-5(7)4-6-2;2*1-2-3;4*1-2;;;;;1-5(2,3)4;1-2;;;;;/h1-10H,11H2,(H2,19,20);1-10H,12H2;1-10H;1-10H,15H2;3-4H2,1H3;3H,2H2,1H3;2H2,1H3;4*1-2H3;4*1H3;;1-2H2;;;;;/q;;;;;;-1;;;;;4*-1;;;+1;;;;. The monoisotopic (exact) mass is 2020 g/mol. The van der Waals surface area contributed by atoms with Crippen molar-refractivity contribution in [1.82, 2.24) is 20.4 Å². The first-order valence-electron chi connectivity index (χ1n) is 34.8. The summed E-state index contributed by atoms with van der Waals surface area (Å²) in [4.78, 5) is 45.9. The smallest absolute Gasteiger partial charge is 0.855 e. The number of Topliss-reactive ketones (excluding diaryl/α,β-unsaturated/α-hetero) is 2. The van der Waals surface area contributed by atoms with Gasteiger partial charge in [0.1, 0.15) is 52.8 Å². The molecule has 2 aromatic heterocycles. The molecular formula is C88H106Cl4N14NaO7PY4-4. The number of hydrazine groups is 1. The number of allylic oxidation sites excluding steroid dienone is 1. The number of aliphatic hydroxyl groups excluding tert-OH is 1. The van der Waals surface area contributed by atoms with Gasteiger partial charge in [-0.25, -0.2) is 11.4 Å². The Labute approximate surface area is 849 Å². The van der Waals surface area contributed by atoms with Crippen LogP contribution in [-0.4, -0.2) is 93.2 Å². The maximum atomic E-state index is 12.2. The SMILES string of the molecule is CC.CC.CC.CC.CCO.CC[O-].N#CC1=C(c2ccccc2)C(c2ccccc2)=NCC1=O.N#Cc1c(Cl)nnc(-c2ccccc2)c1-c1ccccc1.NC1=NCc2nnc(-c3ccccc3)c(-c3ccccc3)c21.NN.NN=C(C(=O)c1ccccc1)c1ccccc1.O=P(Cl)(Cl)Cl.[C-]#[N+]CC(=O)OCC.[CH3-].[CH3-].[CH3-].[CH3-].[Na+].[Y].[Y].[Y].[Y]. The molecule has 31 heteroatoms. The van der Waals surface area contributed by atoms with Gasteiger partial charge in [0.25, 0.3) is 0 Å². The molecule has 119 heavy (non-hydrogen) atoms. The molecule has 0 bridgehead atoms. The maximum absolute atomic E-state index is 12.2. The second-order valence-corrected chi connectivity index (χ2v) is 27.0. The van der Waals surface area contributed by atoms with Gasteiger partial charge in [0.15, 0.2) is 10.9 Å². The largest absolute Gasteiger partial charge is 1.00 e. The first kappa shape index (κ1) is 134. The number of dihydropyridines is 1. The average Bonchev–Trinajstić information content (AvgIpc) is 1.73. The Morgan fingerprint density at radius 1 is 0.546 bits per heavy atom. The number of rotatable bonds is 11. The Morgan fingerprint density at radius 3 is 1.23 bits per heavy atom. The van der Waals surface area contributed by atoms with Crippen LogP contribution >= 0.6 is 50.5 Å². The molecule has 0 fully saturated rings. The van der Waals surface area contributed by atoms with E-state index in [0.717, 1.165) is 61.5 Å². The van der Waals surface area contributed by atoms with Gasteiger partial charge < -0.3 is 61.1 Å². The molecule has 21 nitrogen and oxygen atoms in total. The molecule has 0 saturated carbocycles. The summed E-state index contributed by atoms with van der Waals surface area (Å²) in [6, 6.07) is 80.9. The summed E-state index contributed by atoms with van der Waals surface area (Å²) in [5.41, 5.74) is 20.2. The molecular weight excluding hydrogens is 1920 g/mol. The van der Waals surface area contributed by atoms with Crippen molar-refractivity contribution in [3.05, 3.63) is 334 Å². The van der Waals surface area contributed by atoms with E-state index in [4.69, 9.17) is 40.0 Å². The van der Waals surface area contributed by atoms with Gasteiger partial charge in [-0.05, 0) is 64.3 Å². The molecule has 0 unspecified atom stereocenters. The van der Waals surface area contributed by atoms with E-state index in [1.165, 1.54) is 0 Å². The van der Waals surface area contributed by atoms with Gasteiger partial charge in [0, 0.05) is 182 Å². The molecule has 2 aliphatic heterocycles. The van der Waals surface area contributed by atoms with Crippen LogP contribution in [0, 0.1) is 58.9 Å². The van der Waals surface area contributed by atoms with Crippen LogP contribution in [0.5, 0.6) is 0 Å². The normalized spacial score (nSPS) is 9.88. The van der Waals surface area contributed by atoms with E-state index in [1.54, 1.807) is 32.9 Å². The molecule has 0 saturated heterocycles. The van der Waals surface area contributed by atoms with Gasteiger partial charge in [-0.15, -0.1) is 21.9 Å². The molecule has 8 aromatic carbocycles. The van der Waals surface area contributed by atoms with Gasteiger partial charge in [0.2, 0.25) is 5.78 Å². The number of carbonyl (C=O) groups excluding carboxylic acids is 3. The van der Waals surface area contributed by atoms with Crippen molar-refractivity contribution in [1.29, 1.82) is 10.5 Å². The third-order valence-electron chi connectivity index (χ3n) is 13.3. The molecule has 4 radical (unpaired) electrons. The van der Waals surface area contributed by atoms with Crippen LogP contribution in [0.15, 0.2) is 263 Å². The van der Waals surface area contributed by atoms with Gasteiger partial charge >= 0.3 is 47.3 Å². The average molecular weight is 2020 g/mol. The van der Waals surface area contributed by atoms with E-state index >= 15 is 0 Å². The van der Waals surface area contributed by atoms with Gasteiger partial charge in [-0.3, -0.25) is 35.8 Å². The summed E-state index contributed by atoms with van der Waals surface area (Å²) < 4.78 is 13.9. The minimum Gasteiger partial charge on any atom is -0.855 e. The number of hydrazone groups is 1. The van der Waals surface area contributed by atoms with Crippen molar-refractivity contribution in [2.45, 2.75) is 82.7 Å². The van der Waals surface area contributed by atoms with E-state index < -0.39 is 11.2 Å². The molecule has 0 aliphatic carbocycles. The topological polar surface area (TPSA) is 365 Å². The fourth-order valence-corrected chi connectivity index (χ4v) is 9.42. The number of aromatic nitrogens is 4. The van der Waals surface area contributed by atoms with Crippen LogP contribution in [0.25, 0.3) is 55.2 Å². The number of nitrogens with two attached hydrogens (primary N) is 4. The molecule has 9 N–H and O–H groups in total. The summed E-state index contributed by atoms with van der Waals surface area (Å²) in [6.45, 7) is 28.2. The summed E-state index contributed by atoms with van der Waals surface area (Å²) in [5, 5.41) is 52.7. The van der Waals surface area contributed by atoms with Crippen molar-refractivity contribution in [3.8, 4) is 56.9 Å². The molecule has 10 aromatic rings. The quantitative estimate of drug-likeness (QED) is 0.0117. The molecule has 0 spiro atoms. The van der Waals surface area contributed by atoms with Crippen LogP contribution in [0.4, 0.5) is 0 Å². The van der Waals surface area contributed by atoms with E-state index in [2.05, 4.69) is 115 Å². The summed E-state index contributed by atoms with van der Waals surface area (Å²) >= 11 is 19.9. The number of esters is 1. The van der Waals surface area contributed by atoms with E-state index in [1.807, 2.05) is 274 Å². The number of ketones is 2. The summed E-state index contributed by atoms with van der Waals surface area (Å²) in [7, 11) is 0.